The van der Waals surface area contributed by atoms with Crippen LogP contribution in [-0.2, 0) is 5.41 Å². The summed E-state index contributed by atoms with van der Waals surface area (Å²) in [6, 6.07) is 4.03. The van der Waals surface area contributed by atoms with Crippen molar-refractivity contribution in [3.63, 3.8) is 0 Å². The summed E-state index contributed by atoms with van der Waals surface area (Å²) in [7, 11) is 0. The lowest BCUT2D eigenvalue weighted by atomic mass is 9.95. The average molecular weight is 220 g/mol. The van der Waals surface area contributed by atoms with Gasteiger partial charge in [0.1, 0.15) is 11.6 Å². The topological polar surface area (TPSA) is 45.8 Å². The van der Waals surface area contributed by atoms with Gasteiger partial charge in [-0.2, -0.15) is 0 Å². The molecular weight excluding hydrogens is 207 g/mol. The summed E-state index contributed by atoms with van der Waals surface area (Å²) >= 11 is 0. The fraction of sp³-hybridized carbons (Fsp3) is 0.333. The Bertz CT molecular complexity index is 596. The Morgan fingerprint density at radius 2 is 2.00 bits per heavy atom. The molecule has 0 aliphatic rings. The Hall–Kier alpha value is -1.71. The Morgan fingerprint density at radius 3 is 2.62 bits per heavy atom. The number of aromatic amines is 1. The van der Waals surface area contributed by atoms with Gasteiger partial charge in [0.25, 0.3) is 5.56 Å². The molecule has 2 aromatic rings. The van der Waals surface area contributed by atoms with Crippen LogP contribution in [0.5, 0.6) is 0 Å². The third kappa shape index (κ3) is 1.83. The van der Waals surface area contributed by atoms with Crippen LogP contribution < -0.4 is 5.56 Å². The van der Waals surface area contributed by atoms with Crippen molar-refractivity contribution in [2.75, 3.05) is 0 Å². The molecule has 0 aliphatic heterocycles. The summed E-state index contributed by atoms with van der Waals surface area (Å²) in [5.41, 5.74) is -0.00800. The molecule has 2 rings (SSSR count). The van der Waals surface area contributed by atoms with E-state index >= 15 is 0 Å². The van der Waals surface area contributed by atoms with Gasteiger partial charge in [-0.05, 0) is 18.2 Å². The standard InChI is InChI=1S/C12H13FN2O/c1-12(2,3)11-14-9-5-4-7(13)6-8(9)10(16)15-11/h4-6H,1-3H3,(H,14,15,16). The summed E-state index contributed by atoms with van der Waals surface area (Å²) in [4.78, 5) is 18.7. The first-order chi connectivity index (χ1) is 7.38. The normalized spacial score (nSPS) is 12.0. The highest BCUT2D eigenvalue weighted by atomic mass is 19.1. The first-order valence-corrected chi connectivity index (χ1v) is 5.08. The van der Waals surface area contributed by atoms with Crippen LogP contribution in [0.3, 0.4) is 0 Å². The third-order valence-corrected chi connectivity index (χ3v) is 2.38. The van der Waals surface area contributed by atoms with E-state index in [0.29, 0.717) is 11.3 Å². The molecule has 1 aromatic carbocycles. The first kappa shape index (κ1) is 10.8. The molecular formula is C12H13FN2O. The number of rotatable bonds is 0. The molecule has 0 unspecified atom stereocenters. The monoisotopic (exact) mass is 220 g/mol. The van der Waals surface area contributed by atoms with Crippen molar-refractivity contribution >= 4 is 10.9 Å². The van der Waals surface area contributed by atoms with E-state index in [1.807, 2.05) is 20.8 Å². The van der Waals surface area contributed by atoms with Crippen molar-refractivity contribution in [3.8, 4) is 0 Å². The summed E-state index contributed by atoms with van der Waals surface area (Å²) in [6.07, 6.45) is 0. The minimum Gasteiger partial charge on any atom is -0.310 e. The largest absolute Gasteiger partial charge is 0.310 e. The Morgan fingerprint density at radius 1 is 1.31 bits per heavy atom. The van der Waals surface area contributed by atoms with Crippen LogP contribution in [0.15, 0.2) is 23.0 Å². The number of halogens is 1. The van der Waals surface area contributed by atoms with Gasteiger partial charge in [0.2, 0.25) is 0 Å². The van der Waals surface area contributed by atoms with E-state index in [-0.39, 0.29) is 16.4 Å². The van der Waals surface area contributed by atoms with Crippen molar-refractivity contribution in [1.82, 2.24) is 9.97 Å². The molecule has 1 heterocycles. The fourth-order valence-electron chi connectivity index (χ4n) is 1.47. The number of fused-ring (bicyclic) bond motifs is 1. The number of hydrogen-bond acceptors (Lipinski definition) is 2. The smallest absolute Gasteiger partial charge is 0.258 e. The zero-order valence-electron chi connectivity index (χ0n) is 9.47. The van der Waals surface area contributed by atoms with Crippen LogP contribution in [0.2, 0.25) is 0 Å². The highest BCUT2D eigenvalue weighted by molar-refractivity contribution is 5.77. The SMILES string of the molecule is CC(C)(C)c1nc2ccc(F)cc2c(=O)[nH]1. The van der Waals surface area contributed by atoms with Gasteiger partial charge in [-0.1, -0.05) is 20.8 Å². The quantitative estimate of drug-likeness (QED) is 0.740. The van der Waals surface area contributed by atoms with Crippen LogP contribution >= 0.6 is 0 Å². The number of benzene rings is 1. The Labute approximate surface area is 92.3 Å². The predicted molar refractivity (Wildman–Crippen MR) is 61.0 cm³/mol. The second-order valence-electron chi connectivity index (χ2n) is 4.83. The van der Waals surface area contributed by atoms with Crippen molar-refractivity contribution in [2.45, 2.75) is 26.2 Å². The van der Waals surface area contributed by atoms with E-state index in [1.54, 1.807) is 0 Å². The molecule has 3 nitrogen and oxygen atoms in total. The molecule has 0 radical (unpaired) electrons. The number of H-pyrrole nitrogens is 1. The van der Waals surface area contributed by atoms with Gasteiger partial charge in [0.15, 0.2) is 0 Å². The summed E-state index contributed by atoms with van der Waals surface area (Å²) in [6.45, 7) is 5.88. The minimum absolute atomic E-state index is 0.234. The lowest BCUT2D eigenvalue weighted by Crippen LogP contribution is -2.22. The van der Waals surface area contributed by atoms with E-state index in [9.17, 15) is 9.18 Å². The number of nitrogens with one attached hydrogen (secondary N) is 1. The van der Waals surface area contributed by atoms with Gasteiger partial charge in [0, 0.05) is 5.41 Å². The molecule has 0 aliphatic carbocycles. The van der Waals surface area contributed by atoms with E-state index in [0.717, 1.165) is 0 Å². The molecule has 0 amide bonds. The van der Waals surface area contributed by atoms with Gasteiger partial charge < -0.3 is 4.98 Å². The molecule has 1 N–H and O–H groups in total. The maximum Gasteiger partial charge on any atom is 0.258 e. The number of aromatic nitrogens is 2. The summed E-state index contributed by atoms with van der Waals surface area (Å²) in [5, 5.41) is 0.285. The van der Waals surface area contributed by atoms with Crippen molar-refractivity contribution in [1.29, 1.82) is 0 Å². The highest BCUT2D eigenvalue weighted by Crippen LogP contribution is 2.18. The summed E-state index contributed by atoms with van der Waals surface area (Å²) < 4.78 is 13.0. The molecule has 0 fully saturated rings. The molecule has 0 saturated carbocycles. The van der Waals surface area contributed by atoms with Gasteiger partial charge >= 0.3 is 0 Å². The third-order valence-electron chi connectivity index (χ3n) is 2.38. The van der Waals surface area contributed by atoms with E-state index < -0.39 is 5.82 Å². The lowest BCUT2D eigenvalue weighted by molar-refractivity contribution is 0.546. The van der Waals surface area contributed by atoms with Crippen molar-refractivity contribution < 1.29 is 4.39 Å². The molecule has 16 heavy (non-hydrogen) atoms. The fourth-order valence-corrected chi connectivity index (χ4v) is 1.47. The Kier molecular flexibility index (Phi) is 2.30. The molecule has 0 bridgehead atoms. The predicted octanol–water partition coefficient (Wildman–Crippen LogP) is 2.36. The molecule has 0 atom stereocenters. The minimum atomic E-state index is -0.427. The highest BCUT2D eigenvalue weighted by Gasteiger charge is 2.17. The molecule has 4 heteroatoms. The summed E-state index contributed by atoms with van der Waals surface area (Å²) in [5.74, 6) is 0.180. The molecule has 0 saturated heterocycles. The van der Waals surface area contributed by atoms with E-state index in [2.05, 4.69) is 9.97 Å². The zero-order chi connectivity index (χ0) is 11.9. The molecule has 0 spiro atoms. The second-order valence-corrected chi connectivity index (χ2v) is 4.83. The zero-order valence-corrected chi connectivity index (χ0v) is 9.47. The van der Waals surface area contributed by atoms with Gasteiger partial charge in [-0.15, -0.1) is 0 Å². The maximum atomic E-state index is 13.0. The van der Waals surface area contributed by atoms with Crippen LogP contribution in [0.1, 0.15) is 26.6 Å². The van der Waals surface area contributed by atoms with Crippen LogP contribution in [0.25, 0.3) is 10.9 Å². The van der Waals surface area contributed by atoms with Crippen molar-refractivity contribution in [2.24, 2.45) is 0 Å². The molecule has 1 aromatic heterocycles. The number of hydrogen-bond donors (Lipinski definition) is 1. The van der Waals surface area contributed by atoms with Gasteiger partial charge in [-0.25, -0.2) is 9.37 Å². The van der Waals surface area contributed by atoms with E-state index in [4.69, 9.17) is 0 Å². The van der Waals surface area contributed by atoms with E-state index in [1.165, 1.54) is 18.2 Å². The van der Waals surface area contributed by atoms with Crippen LogP contribution in [-0.4, -0.2) is 9.97 Å². The van der Waals surface area contributed by atoms with Gasteiger partial charge in [0.05, 0.1) is 10.9 Å². The molecule has 84 valence electrons. The van der Waals surface area contributed by atoms with Crippen LogP contribution in [0, 0.1) is 5.82 Å². The first-order valence-electron chi connectivity index (χ1n) is 5.08. The van der Waals surface area contributed by atoms with Crippen LogP contribution in [0.4, 0.5) is 4.39 Å². The number of nitrogens with zero attached hydrogens (tertiary/aromatic N) is 1. The maximum absolute atomic E-state index is 13.0. The van der Waals surface area contributed by atoms with Gasteiger partial charge in [-0.3, -0.25) is 4.79 Å². The Balaban J connectivity index is 2.79. The lowest BCUT2D eigenvalue weighted by Gasteiger charge is -2.17. The second kappa shape index (κ2) is 3.40. The average Bonchev–Trinajstić information content (AvgIpc) is 2.17. The van der Waals surface area contributed by atoms with Crippen molar-refractivity contribution in [3.05, 3.63) is 40.2 Å².